The molecule has 1 saturated carbocycles. The molecule has 0 radical (unpaired) electrons. The lowest BCUT2D eigenvalue weighted by Crippen LogP contribution is -2.25. The summed E-state index contributed by atoms with van der Waals surface area (Å²) in [7, 11) is 0. The van der Waals surface area contributed by atoms with Crippen LogP contribution in [0.3, 0.4) is 0 Å². The lowest BCUT2D eigenvalue weighted by molar-refractivity contribution is -0.132. The summed E-state index contributed by atoms with van der Waals surface area (Å²) < 4.78 is 0. The fourth-order valence-electron chi connectivity index (χ4n) is 2.66. The fourth-order valence-corrected chi connectivity index (χ4v) is 2.66. The van der Waals surface area contributed by atoms with Crippen molar-refractivity contribution in [3.63, 3.8) is 0 Å². The minimum Gasteiger partial charge on any atom is -0.299 e. The van der Waals surface area contributed by atoms with Crippen molar-refractivity contribution in [3.05, 3.63) is 35.4 Å². The third kappa shape index (κ3) is 2.43. The highest BCUT2D eigenvalue weighted by atomic mass is 16.2. The van der Waals surface area contributed by atoms with E-state index in [0.29, 0.717) is 24.0 Å². The van der Waals surface area contributed by atoms with Crippen LogP contribution in [-0.4, -0.2) is 23.1 Å². The zero-order chi connectivity index (χ0) is 16.7. The molecular formula is C18H20O4. The van der Waals surface area contributed by atoms with E-state index in [4.69, 9.17) is 0 Å². The smallest absolute Gasteiger partial charge is 0.176 e. The predicted molar refractivity (Wildman–Crippen MR) is 81.9 cm³/mol. The van der Waals surface area contributed by atoms with Crippen molar-refractivity contribution < 1.29 is 19.2 Å². The third-order valence-corrected chi connectivity index (χ3v) is 4.52. The number of hydrogen-bond donors (Lipinski definition) is 0. The average Bonchev–Trinajstić information content (AvgIpc) is 2.81. The molecule has 0 unspecified atom stereocenters. The van der Waals surface area contributed by atoms with Crippen molar-refractivity contribution in [3.8, 4) is 0 Å². The lowest BCUT2D eigenvalue weighted by atomic mass is 9.88. The molecule has 0 N–H and O–H groups in total. The molecule has 0 heterocycles. The van der Waals surface area contributed by atoms with E-state index in [9.17, 15) is 19.2 Å². The maximum Gasteiger partial charge on any atom is 0.176 e. The van der Waals surface area contributed by atoms with Gasteiger partial charge < -0.3 is 0 Å². The van der Waals surface area contributed by atoms with Crippen molar-refractivity contribution in [2.45, 2.75) is 40.5 Å². The average molecular weight is 300 g/mol. The summed E-state index contributed by atoms with van der Waals surface area (Å²) in [5.41, 5.74) is -0.390. The van der Waals surface area contributed by atoms with Gasteiger partial charge in [-0.2, -0.15) is 0 Å². The van der Waals surface area contributed by atoms with Gasteiger partial charge in [-0.25, -0.2) is 0 Å². The molecule has 116 valence electrons. The van der Waals surface area contributed by atoms with Gasteiger partial charge in [-0.3, -0.25) is 19.2 Å². The van der Waals surface area contributed by atoms with Crippen LogP contribution in [0.1, 0.15) is 61.3 Å². The molecule has 0 atom stereocenters. The Labute approximate surface area is 129 Å². The van der Waals surface area contributed by atoms with Crippen molar-refractivity contribution in [2.75, 3.05) is 0 Å². The van der Waals surface area contributed by atoms with Crippen LogP contribution in [0, 0.1) is 10.8 Å². The first-order chi connectivity index (χ1) is 10.1. The van der Waals surface area contributed by atoms with Crippen LogP contribution in [0.4, 0.5) is 0 Å². The van der Waals surface area contributed by atoms with Crippen molar-refractivity contribution in [1.82, 2.24) is 0 Å². The number of ketones is 4. The second-order valence-corrected chi connectivity index (χ2v) is 6.80. The Balaban J connectivity index is 0.000000172. The first kappa shape index (κ1) is 16.3. The van der Waals surface area contributed by atoms with Gasteiger partial charge in [0.25, 0.3) is 0 Å². The number of benzene rings is 1. The van der Waals surface area contributed by atoms with Crippen LogP contribution >= 0.6 is 0 Å². The predicted octanol–water partition coefficient (Wildman–Crippen LogP) is 3.04. The molecule has 2 aliphatic carbocycles. The second kappa shape index (κ2) is 5.27. The number of rotatable bonds is 0. The summed E-state index contributed by atoms with van der Waals surface area (Å²) in [6, 6.07) is 6.99. The van der Waals surface area contributed by atoms with Crippen LogP contribution in [0.25, 0.3) is 0 Å². The molecule has 0 aliphatic heterocycles. The van der Waals surface area contributed by atoms with Crippen LogP contribution in [0.5, 0.6) is 0 Å². The SMILES string of the molecule is CC1(C)C(=O)CCC1=O.CC1(C)C(=O)c2ccccc2C1=O. The molecule has 0 spiro atoms. The Morgan fingerprint density at radius 2 is 1.05 bits per heavy atom. The van der Waals surface area contributed by atoms with Gasteiger partial charge in [0.15, 0.2) is 11.6 Å². The Bertz CT molecular complexity index is 625. The topological polar surface area (TPSA) is 68.3 Å². The van der Waals surface area contributed by atoms with E-state index in [0.717, 1.165) is 0 Å². The zero-order valence-corrected chi connectivity index (χ0v) is 13.4. The molecule has 1 aromatic rings. The standard InChI is InChI=1S/C11H10O2.C7H10O2/c1-11(2)9(12)7-5-3-4-6-8(7)10(11)13;1-7(2)5(8)3-4-6(7)9/h3-6H,1-2H3;3-4H2,1-2H3. The number of carbonyl (C=O) groups is 4. The van der Waals surface area contributed by atoms with Gasteiger partial charge in [0, 0.05) is 24.0 Å². The molecule has 0 amide bonds. The molecule has 1 aromatic carbocycles. The van der Waals surface area contributed by atoms with E-state index < -0.39 is 10.8 Å². The van der Waals surface area contributed by atoms with E-state index in [1.165, 1.54) is 0 Å². The maximum atomic E-state index is 11.7. The van der Waals surface area contributed by atoms with Gasteiger partial charge in [-0.15, -0.1) is 0 Å². The molecule has 0 aromatic heterocycles. The quantitative estimate of drug-likeness (QED) is 0.691. The molecular weight excluding hydrogens is 280 g/mol. The summed E-state index contributed by atoms with van der Waals surface area (Å²) >= 11 is 0. The van der Waals surface area contributed by atoms with Crippen molar-refractivity contribution >= 4 is 23.1 Å². The van der Waals surface area contributed by atoms with E-state index in [-0.39, 0.29) is 23.1 Å². The molecule has 0 bridgehead atoms. The zero-order valence-electron chi connectivity index (χ0n) is 13.4. The lowest BCUT2D eigenvalue weighted by Gasteiger charge is -2.11. The summed E-state index contributed by atoms with van der Waals surface area (Å²) in [5, 5.41) is 0. The van der Waals surface area contributed by atoms with Crippen LogP contribution in [-0.2, 0) is 9.59 Å². The fraction of sp³-hybridized carbons (Fsp3) is 0.444. The number of hydrogen-bond acceptors (Lipinski definition) is 4. The van der Waals surface area contributed by atoms with Gasteiger partial charge in [-0.05, 0) is 27.7 Å². The molecule has 0 saturated heterocycles. The monoisotopic (exact) mass is 300 g/mol. The summed E-state index contributed by atoms with van der Waals surface area (Å²) in [5.74, 6) is 0.0567. The Kier molecular flexibility index (Phi) is 3.90. The Hall–Kier alpha value is -2.10. The van der Waals surface area contributed by atoms with Crippen LogP contribution in [0.2, 0.25) is 0 Å². The summed E-state index contributed by atoms with van der Waals surface area (Å²) in [4.78, 5) is 45.2. The molecule has 3 rings (SSSR count). The van der Waals surface area contributed by atoms with E-state index in [2.05, 4.69) is 0 Å². The van der Waals surface area contributed by atoms with Gasteiger partial charge in [0.05, 0.1) is 10.8 Å². The van der Waals surface area contributed by atoms with Gasteiger partial charge in [0.2, 0.25) is 0 Å². The highest BCUT2D eigenvalue weighted by Gasteiger charge is 2.45. The minimum atomic E-state index is -0.857. The molecule has 4 nitrogen and oxygen atoms in total. The molecule has 4 heteroatoms. The Morgan fingerprint density at radius 1 is 0.682 bits per heavy atom. The number of fused-ring (bicyclic) bond motifs is 1. The minimum absolute atomic E-state index is 0.0619. The Morgan fingerprint density at radius 3 is 1.32 bits per heavy atom. The summed E-state index contributed by atoms with van der Waals surface area (Å²) in [6.45, 7) is 6.75. The van der Waals surface area contributed by atoms with Gasteiger partial charge >= 0.3 is 0 Å². The van der Waals surface area contributed by atoms with Gasteiger partial charge in [-0.1, -0.05) is 24.3 Å². The third-order valence-electron chi connectivity index (χ3n) is 4.52. The number of carbonyl (C=O) groups excluding carboxylic acids is 4. The maximum absolute atomic E-state index is 11.7. The second-order valence-electron chi connectivity index (χ2n) is 6.80. The molecule has 1 fully saturated rings. The van der Waals surface area contributed by atoms with E-state index >= 15 is 0 Å². The van der Waals surface area contributed by atoms with Gasteiger partial charge in [0.1, 0.15) is 11.6 Å². The van der Waals surface area contributed by atoms with Crippen molar-refractivity contribution in [1.29, 1.82) is 0 Å². The molecule has 2 aliphatic rings. The highest BCUT2D eigenvalue weighted by molar-refractivity contribution is 6.28. The summed E-state index contributed by atoms with van der Waals surface area (Å²) in [6.07, 6.45) is 0.900. The first-order valence-electron chi connectivity index (χ1n) is 7.35. The first-order valence-corrected chi connectivity index (χ1v) is 7.35. The number of Topliss-reactive ketones (excluding diaryl/α,β-unsaturated/α-hetero) is 4. The van der Waals surface area contributed by atoms with Crippen LogP contribution in [0.15, 0.2) is 24.3 Å². The largest absolute Gasteiger partial charge is 0.299 e. The highest BCUT2D eigenvalue weighted by Crippen LogP contribution is 2.35. The molecule has 22 heavy (non-hydrogen) atoms. The normalized spacial score (nSPS) is 21.5. The van der Waals surface area contributed by atoms with E-state index in [1.807, 2.05) is 0 Å². The van der Waals surface area contributed by atoms with Crippen molar-refractivity contribution in [2.24, 2.45) is 10.8 Å². The van der Waals surface area contributed by atoms with Crippen LogP contribution < -0.4 is 0 Å². The van der Waals surface area contributed by atoms with E-state index in [1.54, 1.807) is 52.0 Å².